The third-order valence-electron chi connectivity index (χ3n) is 4.07. The maximum absolute atomic E-state index is 4.92. The minimum Gasteiger partial charge on any atom is -0.372 e. The van der Waals surface area contributed by atoms with Gasteiger partial charge in [0.1, 0.15) is 0 Å². The summed E-state index contributed by atoms with van der Waals surface area (Å²) in [5, 5.41) is 3.59. The molecule has 0 fully saturated rings. The Labute approximate surface area is 134 Å². The fourth-order valence-corrected chi connectivity index (χ4v) is 3.17. The van der Waals surface area contributed by atoms with Crippen LogP contribution in [0.4, 0.5) is 11.4 Å². The van der Waals surface area contributed by atoms with E-state index in [2.05, 4.69) is 69.4 Å². The Morgan fingerprint density at radius 2 is 1.86 bits per heavy atom. The maximum atomic E-state index is 4.92. The first-order valence-corrected chi connectivity index (χ1v) is 8.38. The molecule has 1 aromatic rings. The largest absolute Gasteiger partial charge is 0.372 e. The third-order valence-corrected chi connectivity index (χ3v) is 4.07. The van der Waals surface area contributed by atoms with E-state index in [-0.39, 0.29) is 6.04 Å². The second kappa shape index (κ2) is 6.12. The number of benzene rings is 1. The number of fused-ring (bicyclic) bond motifs is 2. The number of hydrogen-bond donors (Lipinski definition) is 1. The van der Waals surface area contributed by atoms with Gasteiger partial charge in [0.05, 0.1) is 23.1 Å². The molecule has 2 nitrogen and oxygen atoms in total. The third kappa shape index (κ3) is 3.32. The minimum atomic E-state index is 0.222. The van der Waals surface area contributed by atoms with Gasteiger partial charge in [0.15, 0.2) is 0 Å². The van der Waals surface area contributed by atoms with Gasteiger partial charge in [-0.3, -0.25) is 0 Å². The van der Waals surface area contributed by atoms with Gasteiger partial charge in [0.2, 0.25) is 0 Å². The van der Waals surface area contributed by atoms with Crippen molar-refractivity contribution in [3.05, 3.63) is 47.6 Å². The first kappa shape index (κ1) is 15.1. The van der Waals surface area contributed by atoms with E-state index in [1.165, 1.54) is 11.1 Å². The molecule has 0 saturated heterocycles. The molecule has 0 amide bonds. The van der Waals surface area contributed by atoms with Gasteiger partial charge in [0.25, 0.3) is 0 Å². The Bertz CT molecular complexity index is 648. The van der Waals surface area contributed by atoms with Crippen LogP contribution in [0.15, 0.2) is 47.0 Å². The maximum Gasteiger partial charge on any atom is 0.0874 e. The first-order valence-electron chi connectivity index (χ1n) is 8.38. The van der Waals surface area contributed by atoms with Crippen LogP contribution in [-0.4, -0.2) is 11.8 Å². The van der Waals surface area contributed by atoms with E-state index in [0.29, 0.717) is 11.8 Å². The minimum absolute atomic E-state index is 0.222. The van der Waals surface area contributed by atoms with E-state index in [9.17, 15) is 0 Å². The van der Waals surface area contributed by atoms with Crippen LogP contribution in [0.2, 0.25) is 0 Å². The van der Waals surface area contributed by atoms with Crippen LogP contribution in [0.5, 0.6) is 0 Å². The van der Waals surface area contributed by atoms with E-state index in [1.807, 2.05) is 0 Å². The molecular weight excluding hydrogens is 268 g/mol. The highest BCUT2D eigenvalue weighted by molar-refractivity contribution is 6.08. The van der Waals surface area contributed by atoms with Gasteiger partial charge in [-0.2, -0.15) is 0 Å². The van der Waals surface area contributed by atoms with Crippen LogP contribution < -0.4 is 5.32 Å². The smallest absolute Gasteiger partial charge is 0.0874 e. The predicted octanol–water partition coefficient (Wildman–Crippen LogP) is 5.29. The Kier molecular flexibility index (Phi) is 4.19. The van der Waals surface area contributed by atoms with Crippen molar-refractivity contribution < 1.29 is 0 Å². The highest BCUT2D eigenvalue weighted by atomic mass is 15.0. The number of aliphatic imine (C=N–C) groups is 1. The zero-order valence-corrected chi connectivity index (χ0v) is 14.1. The average Bonchev–Trinajstić information content (AvgIpc) is 2.43. The Hall–Kier alpha value is -1.83. The highest BCUT2D eigenvalue weighted by Crippen LogP contribution is 2.33. The normalized spacial score (nSPS) is 19.5. The van der Waals surface area contributed by atoms with Crippen molar-refractivity contribution in [2.24, 2.45) is 16.8 Å². The average molecular weight is 294 g/mol. The van der Waals surface area contributed by atoms with Gasteiger partial charge in [0, 0.05) is 0 Å². The van der Waals surface area contributed by atoms with Crippen molar-refractivity contribution in [3.8, 4) is 0 Å². The molecule has 3 rings (SSSR count). The molecule has 2 heteroatoms. The molecule has 1 unspecified atom stereocenters. The lowest BCUT2D eigenvalue weighted by molar-refractivity contribution is 0.647. The number of nitrogens with one attached hydrogen (secondary N) is 1. The molecule has 1 aromatic carbocycles. The molecule has 0 aromatic heterocycles. The fraction of sp³-hybridized carbons (Fsp3) is 0.450. The number of hydrogen-bond acceptors (Lipinski definition) is 2. The first-order chi connectivity index (χ1) is 10.5. The van der Waals surface area contributed by atoms with Crippen LogP contribution in [0.25, 0.3) is 0 Å². The lowest BCUT2D eigenvalue weighted by Crippen LogP contribution is -2.30. The molecule has 1 aliphatic heterocycles. The Balaban J connectivity index is 1.89. The SMILES string of the molecule is CC(C)CC1=CC2=Nc3cc(CC(C)C)ccc3NC2C=C1. The van der Waals surface area contributed by atoms with E-state index < -0.39 is 0 Å². The summed E-state index contributed by atoms with van der Waals surface area (Å²) in [7, 11) is 0. The van der Waals surface area contributed by atoms with E-state index in [4.69, 9.17) is 4.99 Å². The molecule has 0 radical (unpaired) electrons. The number of rotatable bonds is 4. The lowest BCUT2D eigenvalue weighted by atomic mass is 9.93. The second-order valence-corrected chi connectivity index (χ2v) is 7.28. The predicted molar refractivity (Wildman–Crippen MR) is 96.2 cm³/mol. The molecule has 1 aliphatic carbocycles. The van der Waals surface area contributed by atoms with E-state index in [0.717, 1.165) is 29.9 Å². The molecule has 0 saturated carbocycles. The van der Waals surface area contributed by atoms with Crippen LogP contribution >= 0.6 is 0 Å². The van der Waals surface area contributed by atoms with E-state index >= 15 is 0 Å². The topological polar surface area (TPSA) is 24.4 Å². The summed E-state index contributed by atoms with van der Waals surface area (Å²) in [6.07, 6.45) is 8.96. The summed E-state index contributed by atoms with van der Waals surface area (Å²) < 4.78 is 0. The van der Waals surface area contributed by atoms with Crippen molar-refractivity contribution in [1.29, 1.82) is 0 Å². The van der Waals surface area contributed by atoms with Crippen molar-refractivity contribution in [3.63, 3.8) is 0 Å². The van der Waals surface area contributed by atoms with Crippen LogP contribution in [0.3, 0.4) is 0 Å². The fourth-order valence-electron chi connectivity index (χ4n) is 3.17. The van der Waals surface area contributed by atoms with Gasteiger partial charge in [-0.05, 0) is 54.0 Å². The molecule has 2 aliphatic rings. The van der Waals surface area contributed by atoms with Crippen LogP contribution in [-0.2, 0) is 6.42 Å². The molecule has 22 heavy (non-hydrogen) atoms. The quantitative estimate of drug-likeness (QED) is 0.801. The summed E-state index contributed by atoms with van der Waals surface area (Å²) in [5.41, 5.74) is 6.13. The van der Waals surface area contributed by atoms with Gasteiger partial charge < -0.3 is 5.32 Å². The van der Waals surface area contributed by atoms with E-state index in [1.54, 1.807) is 0 Å². The molecule has 1 heterocycles. The van der Waals surface area contributed by atoms with Crippen LogP contribution in [0, 0.1) is 11.8 Å². The lowest BCUT2D eigenvalue weighted by Gasteiger charge is -2.27. The second-order valence-electron chi connectivity index (χ2n) is 7.28. The Morgan fingerprint density at radius 3 is 2.59 bits per heavy atom. The van der Waals surface area contributed by atoms with Gasteiger partial charge in [-0.25, -0.2) is 4.99 Å². The van der Waals surface area contributed by atoms with Gasteiger partial charge >= 0.3 is 0 Å². The molecule has 1 atom stereocenters. The highest BCUT2D eigenvalue weighted by Gasteiger charge is 2.22. The summed E-state index contributed by atoms with van der Waals surface area (Å²) >= 11 is 0. The van der Waals surface area contributed by atoms with Crippen molar-refractivity contribution >= 4 is 17.1 Å². The van der Waals surface area contributed by atoms with Crippen molar-refractivity contribution in [1.82, 2.24) is 0 Å². The number of nitrogens with zero attached hydrogens (tertiary/aromatic N) is 1. The molecule has 1 N–H and O–H groups in total. The Morgan fingerprint density at radius 1 is 1.09 bits per heavy atom. The summed E-state index contributed by atoms with van der Waals surface area (Å²) in [6.45, 7) is 9.03. The zero-order chi connectivity index (χ0) is 15.7. The van der Waals surface area contributed by atoms with Gasteiger partial charge in [-0.15, -0.1) is 0 Å². The molecule has 116 valence electrons. The monoisotopic (exact) mass is 294 g/mol. The van der Waals surface area contributed by atoms with Crippen molar-refractivity contribution in [2.75, 3.05) is 5.32 Å². The summed E-state index contributed by atoms with van der Waals surface area (Å²) in [5.74, 6) is 1.35. The zero-order valence-electron chi connectivity index (χ0n) is 14.1. The molecular formula is C20H26N2. The number of allylic oxidation sites excluding steroid dienone is 2. The van der Waals surface area contributed by atoms with Gasteiger partial charge in [-0.1, -0.05) is 45.9 Å². The standard InChI is InChI=1S/C20H26N2/c1-13(2)9-15-5-7-17-19(11-15)22-20-12-16(10-14(3)4)6-8-18(20)21-17/h5-8,11-14,17,21H,9-10H2,1-4H3. The molecule has 0 bridgehead atoms. The molecule has 0 spiro atoms. The van der Waals surface area contributed by atoms with Crippen molar-refractivity contribution in [2.45, 2.75) is 46.6 Å². The summed E-state index contributed by atoms with van der Waals surface area (Å²) in [6, 6.07) is 6.85. The summed E-state index contributed by atoms with van der Waals surface area (Å²) in [4.78, 5) is 4.92. The van der Waals surface area contributed by atoms with Crippen LogP contribution in [0.1, 0.15) is 39.7 Å². The number of anilines is 1.